The van der Waals surface area contributed by atoms with Crippen molar-refractivity contribution in [2.75, 3.05) is 13.6 Å². The molecule has 0 aromatic heterocycles. The van der Waals surface area contributed by atoms with Crippen molar-refractivity contribution in [3.63, 3.8) is 0 Å². The van der Waals surface area contributed by atoms with Crippen LogP contribution in [0.25, 0.3) is 0 Å². The van der Waals surface area contributed by atoms with Crippen LogP contribution in [0.5, 0.6) is 0 Å². The highest BCUT2D eigenvalue weighted by atomic mass is 14.8. The third-order valence-electron chi connectivity index (χ3n) is 0.402. The fraction of sp³-hybridized carbons (Fsp3) is 0.429. The molecular formula is C7H16N+. The number of allylic oxidation sites excluding steroid dienone is 1. The lowest BCUT2D eigenvalue weighted by molar-refractivity contribution is -0.617. The van der Waals surface area contributed by atoms with E-state index in [0.717, 1.165) is 6.54 Å². The summed E-state index contributed by atoms with van der Waals surface area (Å²) in [4.78, 5) is 0. The Hall–Kier alpha value is -0.560. The first kappa shape index (κ1) is 10.4. The normalized spacial score (nSPS) is 6.25. The summed E-state index contributed by atoms with van der Waals surface area (Å²) in [5.41, 5.74) is 0. The highest BCUT2D eigenvalue weighted by molar-refractivity contribution is 4.60. The van der Waals surface area contributed by atoms with Crippen molar-refractivity contribution in [3.8, 4) is 0 Å². The third kappa shape index (κ3) is 51.7. The maximum absolute atomic E-state index is 3.52. The summed E-state index contributed by atoms with van der Waals surface area (Å²) in [7, 11) is 2.02. The van der Waals surface area contributed by atoms with Crippen molar-refractivity contribution in [2.45, 2.75) is 6.92 Å². The van der Waals surface area contributed by atoms with Gasteiger partial charge in [0, 0.05) is 0 Å². The molecule has 0 aromatic rings. The second kappa shape index (κ2) is 16.1. The maximum atomic E-state index is 3.52. The molecule has 0 aliphatic carbocycles. The predicted octanol–water partition coefficient (Wildman–Crippen LogP) is 0.558. The highest BCUT2D eigenvalue weighted by Gasteiger charge is 1.61. The predicted molar refractivity (Wildman–Crippen MR) is 38.8 cm³/mol. The summed E-state index contributed by atoms with van der Waals surface area (Å²) < 4.78 is 0. The molecule has 0 spiro atoms. The molecule has 0 heterocycles. The van der Waals surface area contributed by atoms with Gasteiger partial charge in [0.1, 0.15) is 0 Å². The van der Waals surface area contributed by atoms with Gasteiger partial charge >= 0.3 is 0 Å². The van der Waals surface area contributed by atoms with Gasteiger partial charge in [0.2, 0.25) is 0 Å². The molecule has 0 unspecified atom stereocenters. The molecule has 8 heavy (non-hydrogen) atoms. The second-order valence-corrected chi connectivity index (χ2v) is 1.34. The van der Waals surface area contributed by atoms with Gasteiger partial charge in [0.05, 0.1) is 13.6 Å². The lowest BCUT2D eigenvalue weighted by Gasteiger charge is -1.76. The van der Waals surface area contributed by atoms with E-state index in [4.69, 9.17) is 0 Å². The summed E-state index contributed by atoms with van der Waals surface area (Å²) in [5.74, 6) is 0. The Bertz CT molecular complexity index is 48.3. The average Bonchev–Trinajstić information content (AvgIpc) is 1.71. The van der Waals surface area contributed by atoms with Crippen LogP contribution in [-0.2, 0) is 0 Å². The van der Waals surface area contributed by atoms with Gasteiger partial charge in [-0.1, -0.05) is 12.7 Å². The maximum Gasteiger partial charge on any atom is 0.0937 e. The van der Waals surface area contributed by atoms with E-state index >= 15 is 0 Å². The molecule has 0 atom stereocenters. The molecule has 1 heteroatoms. The molecule has 0 saturated carbocycles. The Morgan fingerprint density at radius 1 is 1.50 bits per heavy atom. The van der Waals surface area contributed by atoms with E-state index in [0.29, 0.717) is 0 Å². The van der Waals surface area contributed by atoms with Crippen molar-refractivity contribution in [1.29, 1.82) is 0 Å². The van der Waals surface area contributed by atoms with Crippen molar-refractivity contribution in [2.24, 2.45) is 0 Å². The fourth-order valence-corrected chi connectivity index (χ4v) is 0.167. The summed E-state index contributed by atoms with van der Waals surface area (Å²) in [6, 6.07) is 0. The van der Waals surface area contributed by atoms with Gasteiger partial charge in [-0.15, -0.1) is 6.58 Å². The van der Waals surface area contributed by atoms with Crippen LogP contribution in [0.2, 0.25) is 0 Å². The summed E-state index contributed by atoms with van der Waals surface area (Å²) in [5, 5.41) is 2.06. The van der Waals surface area contributed by atoms with E-state index < -0.39 is 0 Å². The Labute approximate surface area is 52.1 Å². The molecular weight excluding hydrogens is 98.1 g/mol. The second-order valence-electron chi connectivity index (χ2n) is 1.34. The van der Waals surface area contributed by atoms with Gasteiger partial charge in [-0.2, -0.15) is 0 Å². The van der Waals surface area contributed by atoms with E-state index in [-0.39, 0.29) is 0 Å². The number of quaternary nitrogens is 1. The lowest BCUT2D eigenvalue weighted by Crippen LogP contribution is -2.79. The molecule has 0 saturated heterocycles. The van der Waals surface area contributed by atoms with E-state index in [1.165, 1.54) is 0 Å². The first-order chi connectivity index (χ1) is 3.83. The molecule has 0 amide bonds. The smallest absolute Gasteiger partial charge is 0.0937 e. The first-order valence-corrected chi connectivity index (χ1v) is 2.79. The van der Waals surface area contributed by atoms with Gasteiger partial charge in [-0.3, -0.25) is 0 Å². The number of rotatable bonds is 2. The third-order valence-corrected chi connectivity index (χ3v) is 0.402. The SMILES string of the molecule is C=CC.C=CC[NH2+]C. The lowest BCUT2D eigenvalue weighted by atomic mass is 10.6. The van der Waals surface area contributed by atoms with E-state index in [1.807, 2.05) is 20.0 Å². The zero-order valence-electron chi connectivity index (χ0n) is 5.85. The number of hydrogen-bond donors (Lipinski definition) is 1. The van der Waals surface area contributed by atoms with Crippen molar-refractivity contribution in [1.82, 2.24) is 0 Å². The van der Waals surface area contributed by atoms with Gasteiger partial charge in [-0.05, 0) is 13.0 Å². The van der Waals surface area contributed by atoms with Crippen LogP contribution >= 0.6 is 0 Å². The van der Waals surface area contributed by atoms with Crippen molar-refractivity contribution < 1.29 is 5.32 Å². The molecule has 0 aromatic carbocycles. The molecule has 48 valence electrons. The number of hydrogen-bond acceptors (Lipinski definition) is 0. The monoisotopic (exact) mass is 114 g/mol. The van der Waals surface area contributed by atoms with Crippen LogP contribution in [-0.4, -0.2) is 13.6 Å². The minimum absolute atomic E-state index is 1.03. The zero-order chi connectivity index (χ0) is 6.83. The van der Waals surface area contributed by atoms with Crippen LogP contribution in [0.3, 0.4) is 0 Å². The summed E-state index contributed by atoms with van der Waals surface area (Å²) >= 11 is 0. The standard InChI is InChI=1S/C4H9N.C3H6/c1-3-4-5-2;1-3-2/h3,5H,1,4H2,2H3;3H,1H2,2H3/p+1. The van der Waals surface area contributed by atoms with Crippen molar-refractivity contribution >= 4 is 0 Å². The first-order valence-electron chi connectivity index (χ1n) is 2.79. The number of likely N-dealkylation sites (N-methyl/N-ethyl adjacent to an activating group) is 1. The molecule has 0 bridgehead atoms. The highest BCUT2D eigenvalue weighted by Crippen LogP contribution is 1.39. The molecule has 0 aliphatic heterocycles. The zero-order valence-corrected chi connectivity index (χ0v) is 5.85. The van der Waals surface area contributed by atoms with E-state index in [9.17, 15) is 0 Å². The average molecular weight is 114 g/mol. The van der Waals surface area contributed by atoms with Crippen LogP contribution in [0.4, 0.5) is 0 Å². The quantitative estimate of drug-likeness (QED) is 0.505. The molecule has 0 radical (unpaired) electrons. The Balaban J connectivity index is 0. The van der Waals surface area contributed by atoms with E-state index in [1.54, 1.807) is 6.08 Å². The molecule has 0 rings (SSSR count). The van der Waals surface area contributed by atoms with Crippen LogP contribution in [0, 0.1) is 0 Å². The Morgan fingerprint density at radius 2 is 1.88 bits per heavy atom. The van der Waals surface area contributed by atoms with Gasteiger partial charge in [0.25, 0.3) is 0 Å². The fourth-order valence-electron chi connectivity index (χ4n) is 0.167. The van der Waals surface area contributed by atoms with Crippen LogP contribution < -0.4 is 5.32 Å². The Kier molecular flexibility index (Phi) is 21.0. The summed E-state index contributed by atoms with van der Waals surface area (Å²) in [6.07, 6.45) is 3.62. The Morgan fingerprint density at radius 3 is 1.88 bits per heavy atom. The molecule has 0 aliphatic rings. The molecule has 0 fully saturated rings. The van der Waals surface area contributed by atoms with Gasteiger partial charge < -0.3 is 5.32 Å². The van der Waals surface area contributed by atoms with E-state index in [2.05, 4.69) is 18.5 Å². The molecule has 1 nitrogen and oxygen atoms in total. The van der Waals surface area contributed by atoms with Gasteiger partial charge in [-0.25, -0.2) is 0 Å². The van der Waals surface area contributed by atoms with Crippen LogP contribution in [0.15, 0.2) is 25.3 Å². The topological polar surface area (TPSA) is 16.6 Å². The van der Waals surface area contributed by atoms with Gasteiger partial charge in [0.15, 0.2) is 0 Å². The van der Waals surface area contributed by atoms with Crippen molar-refractivity contribution in [3.05, 3.63) is 25.3 Å². The number of nitrogens with two attached hydrogens (primary N) is 1. The molecule has 2 N–H and O–H groups in total. The van der Waals surface area contributed by atoms with Crippen LogP contribution in [0.1, 0.15) is 6.92 Å². The minimum Gasteiger partial charge on any atom is -0.345 e. The summed E-state index contributed by atoms with van der Waals surface area (Å²) in [6.45, 7) is 9.80. The largest absolute Gasteiger partial charge is 0.345 e. The minimum atomic E-state index is 1.03.